The van der Waals surface area contributed by atoms with E-state index < -0.39 is 11.9 Å². The normalized spacial score (nSPS) is 9.68. The van der Waals surface area contributed by atoms with E-state index in [-0.39, 0.29) is 13.2 Å². The van der Waals surface area contributed by atoms with E-state index in [2.05, 4.69) is 18.2 Å². The molecule has 0 saturated carbocycles. The minimum Gasteiger partial charge on any atom is -0.462 e. The van der Waals surface area contributed by atoms with Crippen LogP contribution in [-0.4, -0.2) is 31.2 Å². The van der Waals surface area contributed by atoms with E-state index in [9.17, 15) is 14.4 Å². The van der Waals surface area contributed by atoms with Gasteiger partial charge in [-0.1, -0.05) is 25.3 Å². The van der Waals surface area contributed by atoms with Crippen molar-refractivity contribution in [2.24, 2.45) is 4.99 Å². The summed E-state index contributed by atoms with van der Waals surface area (Å²) in [4.78, 5) is 37.2. The molecule has 132 valence electrons. The number of isocyanates is 1. The van der Waals surface area contributed by atoms with Crippen molar-refractivity contribution in [1.82, 2.24) is 0 Å². The van der Waals surface area contributed by atoms with Gasteiger partial charge in [-0.2, -0.15) is 4.99 Å². The number of esters is 2. The van der Waals surface area contributed by atoms with Gasteiger partial charge in [0.05, 0.1) is 18.9 Å². The minimum atomic E-state index is -0.478. The topological polar surface area (TPSA) is 82.0 Å². The number of hydrogen-bond donors (Lipinski definition) is 0. The fourth-order valence-electron chi connectivity index (χ4n) is 2.04. The van der Waals surface area contributed by atoms with Crippen LogP contribution < -0.4 is 0 Å². The van der Waals surface area contributed by atoms with Crippen LogP contribution in [0, 0.1) is 0 Å². The summed E-state index contributed by atoms with van der Waals surface area (Å²) < 4.78 is 10.2. The van der Waals surface area contributed by atoms with Crippen LogP contribution in [0.15, 0.2) is 47.5 Å². The first-order valence-corrected chi connectivity index (χ1v) is 7.70. The molecule has 0 bridgehead atoms. The summed E-state index contributed by atoms with van der Waals surface area (Å²) >= 11 is 0. The van der Waals surface area contributed by atoms with Crippen molar-refractivity contribution < 1.29 is 23.9 Å². The van der Waals surface area contributed by atoms with Crippen LogP contribution in [0.2, 0.25) is 0 Å². The second kappa shape index (κ2) is 10.0. The highest BCUT2D eigenvalue weighted by Crippen LogP contribution is 2.24. The smallest absolute Gasteiger partial charge is 0.333 e. The lowest BCUT2D eigenvalue weighted by Crippen LogP contribution is -2.11. The summed E-state index contributed by atoms with van der Waals surface area (Å²) in [6.45, 7) is 10.5. The summed E-state index contributed by atoms with van der Waals surface area (Å²) in [6.07, 6.45) is 2.32. The van der Waals surface area contributed by atoms with Crippen molar-refractivity contribution >= 4 is 23.7 Å². The number of nitrogens with zero attached hydrogens (tertiary/aromatic N) is 1. The molecule has 25 heavy (non-hydrogen) atoms. The van der Waals surface area contributed by atoms with E-state index in [0.29, 0.717) is 29.7 Å². The molecule has 0 aliphatic carbocycles. The van der Waals surface area contributed by atoms with Crippen molar-refractivity contribution in [3.8, 4) is 0 Å². The third-order valence-electron chi connectivity index (χ3n) is 3.30. The molecular formula is C19H21NO5. The van der Waals surface area contributed by atoms with E-state index >= 15 is 0 Å². The molecule has 0 amide bonds. The summed E-state index contributed by atoms with van der Waals surface area (Å²) in [5, 5.41) is 0. The fourth-order valence-corrected chi connectivity index (χ4v) is 2.04. The van der Waals surface area contributed by atoms with Gasteiger partial charge >= 0.3 is 11.9 Å². The molecule has 0 unspecified atom stereocenters. The predicted molar refractivity (Wildman–Crippen MR) is 93.2 cm³/mol. The van der Waals surface area contributed by atoms with Gasteiger partial charge in [0.15, 0.2) is 0 Å². The van der Waals surface area contributed by atoms with Gasteiger partial charge in [0, 0.05) is 24.0 Å². The van der Waals surface area contributed by atoms with Gasteiger partial charge in [0.1, 0.15) is 0 Å². The number of carbonyl (C=O) groups excluding carboxylic acids is 3. The molecule has 0 aliphatic heterocycles. The van der Waals surface area contributed by atoms with Crippen molar-refractivity contribution in [3.05, 3.63) is 53.6 Å². The van der Waals surface area contributed by atoms with Crippen LogP contribution in [0.4, 0.5) is 5.69 Å². The quantitative estimate of drug-likeness (QED) is 0.298. The molecule has 1 aromatic rings. The Hall–Kier alpha value is -2.98. The summed E-state index contributed by atoms with van der Waals surface area (Å²) in [5.41, 5.74) is 2.67. The largest absolute Gasteiger partial charge is 0.462 e. The SMILES string of the molecule is C=C(C)C(=O)OCCc1cccc(N=C=O)c1CCOC(=O)C(=C)C. The molecule has 6 nitrogen and oxygen atoms in total. The molecule has 0 aliphatic rings. The van der Waals surface area contributed by atoms with E-state index in [1.54, 1.807) is 26.0 Å². The van der Waals surface area contributed by atoms with Gasteiger partial charge in [-0.15, -0.1) is 0 Å². The lowest BCUT2D eigenvalue weighted by Gasteiger charge is -2.12. The zero-order valence-electron chi connectivity index (χ0n) is 14.5. The molecule has 1 rings (SSSR count). The standard InChI is InChI=1S/C19H21NO5/c1-13(2)18(22)24-10-8-15-6-5-7-17(20-12-21)16(15)9-11-25-19(23)14(3)4/h5-7H,1,3,8-11H2,2,4H3. The number of benzene rings is 1. The molecule has 0 atom stereocenters. The number of ether oxygens (including phenoxy) is 2. The number of hydrogen-bond acceptors (Lipinski definition) is 6. The van der Waals surface area contributed by atoms with E-state index in [1.165, 1.54) is 6.08 Å². The minimum absolute atomic E-state index is 0.121. The molecular weight excluding hydrogens is 322 g/mol. The molecule has 0 fully saturated rings. The van der Waals surface area contributed by atoms with E-state index in [4.69, 9.17) is 9.47 Å². The molecule has 0 saturated heterocycles. The molecule has 0 heterocycles. The molecule has 0 aromatic heterocycles. The van der Waals surface area contributed by atoms with Crippen molar-refractivity contribution in [3.63, 3.8) is 0 Å². The zero-order valence-corrected chi connectivity index (χ0v) is 14.5. The van der Waals surface area contributed by atoms with Gasteiger partial charge < -0.3 is 9.47 Å². The Bertz CT molecular complexity index is 729. The number of rotatable bonds is 9. The average molecular weight is 343 g/mol. The monoisotopic (exact) mass is 343 g/mol. The summed E-state index contributed by atoms with van der Waals surface area (Å²) in [5.74, 6) is -0.938. The highest BCUT2D eigenvalue weighted by Gasteiger charge is 2.11. The molecule has 0 N–H and O–H groups in total. The van der Waals surface area contributed by atoms with Crippen molar-refractivity contribution in [2.75, 3.05) is 13.2 Å². The zero-order chi connectivity index (χ0) is 18.8. The Balaban J connectivity index is 2.85. The van der Waals surface area contributed by atoms with Gasteiger partial charge in [-0.25, -0.2) is 14.4 Å². The molecule has 6 heteroatoms. The Kier molecular flexibility index (Phi) is 8.03. The summed E-state index contributed by atoms with van der Waals surface area (Å²) in [6, 6.07) is 5.26. The van der Waals surface area contributed by atoms with Crippen molar-refractivity contribution in [2.45, 2.75) is 26.7 Å². The van der Waals surface area contributed by atoms with Gasteiger partial charge in [-0.3, -0.25) is 0 Å². The highest BCUT2D eigenvalue weighted by molar-refractivity contribution is 5.87. The lowest BCUT2D eigenvalue weighted by molar-refractivity contribution is -0.139. The first-order chi connectivity index (χ1) is 11.9. The Morgan fingerprint density at radius 1 is 1.04 bits per heavy atom. The molecule has 0 spiro atoms. The Labute approximate surface area is 146 Å². The van der Waals surface area contributed by atoms with Crippen molar-refractivity contribution in [1.29, 1.82) is 0 Å². The van der Waals surface area contributed by atoms with Crippen LogP contribution in [0.5, 0.6) is 0 Å². The second-order valence-electron chi connectivity index (χ2n) is 5.45. The van der Waals surface area contributed by atoms with Crippen LogP contribution in [0.25, 0.3) is 0 Å². The van der Waals surface area contributed by atoms with Crippen LogP contribution in [0.3, 0.4) is 0 Å². The van der Waals surface area contributed by atoms with Gasteiger partial charge in [-0.05, 0) is 31.0 Å². The lowest BCUT2D eigenvalue weighted by atomic mass is 10.0. The second-order valence-corrected chi connectivity index (χ2v) is 5.45. The summed E-state index contributed by atoms with van der Waals surface area (Å²) in [7, 11) is 0. The van der Waals surface area contributed by atoms with Gasteiger partial charge in [0.2, 0.25) is 6.08 Å². The van der Waals surface area contributed by atoms with Gasteiger partial charge in [0.25, 0.3) is 0 Å². The van der Waals surface area contributed by atoms with E-state index in [1.807, 2.05) is 6.07 Å². The number of aliphatic imine (C=N–C) groups is 1. The molecule has 0 radical (unpaired) electrons. The third kappa shape index (κ3) is 6.57. The maximum absolute atomic E-state index is 11.5. The average Bonchev–Trinajstić information content (AvgIpc) is 2.56. The maximum Gasteiger partial charge on any atom is 0.333 e. The van der Waals surface area contributed by atoms with Crippen LogP contribution in [0.1, 0.15) is 25.0 Å². The van der Waals surface area contributed by atoms with Crippen LogP contribution in [-0.2, 0) is 36.7 Å². The Morgan fingerprint density at radius 2 is 1.60 bits per heavy atom. The maximum atomic E-state index is 11.5. The van der Waals surface area contributed by atoms with E-state index in [0.717, 1.165) is 11.1 Å². The number of carbonyl (C=O) groups is 2. The Morgan fingerprint density at radius 3 is 2.12 bits per heavy atom. The highest BCUT2D eigenvalue weighted by atomic mass is 16.5. The first-order valence-electron chi connectivity index (χ1n) is 7.70. The molecule has 1 aromatic carbocycles. The fraction of sp³-hybridized carbons (Fsp3) is 0.316. The third-order valence-corrected chi connectivity index (χ3v) is 3.30. The predicted octanol–water partition coefficient (Wildman–Crippen LogP) is 2.98. The van der Waals surface area contributed by atoms with Crippen LogP contribution >= 0.6 is 0 Å². The first kappa shape index (κ1) is 20.1.